The highest BCUT2D eigenvalue weighted by molar-refractivity contribution is 5.94. The molecule has 0 spiro atoms. The van der Waals surface area contributed by atoms with Crippen molar-refractivity contribution in [3.63, 3.8) is 0 Å². The van der Waals surface area contributed by atoms with Gasteiger partial charge in [-0.2, -0.15) is 13.2 Å². The van der Waals surface area contributed by atoms with Crippen molar-refractivity contribution in [1.29, 1.82) is 0 Å². The number of piperidine rings is 1. The number of hydrogen-bond donors (Lipinski definition) is 2. The zero-order valence-electron chi connectivity index (χ0n) is 19.4. The predicted octanol–water partition coefficient (Wildman–Crippen LogP) is 4.88. The molecule has 1 saturated carbocycles. The van der Waals surface area contributed by atoms with E-state index in [9.17, 15) is 23.1 Å². The van der Waals surface area contributed by atoms with Crippen LogP contribution in [0.15, 0.2) is 61.2 Å². The van der Waals surface area contributed by atoms with Crippen LogP contribution in [-0.4, -0.2) is 41.6 Å². The molecule has 4 nitrogen and oxygen atoms in total. The molecule has 2 aromatic carbocycles. The molecule has 1 amide bonds. The highest BCUT2D eigenvalue weighted by Gasteiger charge is 2.48. The van der Waals surface area contributed by atoms with Crippen molar-refractivity contribution in [1.82, 2.24) is 10.2 Å². The van der Waals surface area contributed by atoms with E-state index in [4.69, 9.17) is 0 Å². The SMILES string of the molecule is C=CCN1CC[C@@]2(c3cccc(O)c3)C[C@H](NC(=O)C#Cc3ccc(C(F)(F)F)cc3)CC[C@@H]2C1. The fourth-order valence-corrected chi connectivity index (χ4v) is 5.60. The van der Waals surface area contributed by atoms with E-state index in [0.717, 1.165) is 63.0 Å². The van der Waals surface area contributed by atoms with E-state index in [-0.39, 0.29) is 17.2 Å². The number of carbonyl (C=O) groups is 1. The van der Waals surface area contributed by atoms with Gasteiger partial charge in [-0.15, -0.1) is 6.58 Å². The number of phenols is 1. The molecule has 3 atom stereocenters. The number of nitrogens with one attached hydrogen (secondary N) is 1. The molecule has 0 bridgehead atoms. The second-order valence-corrected chi connectivity index (χ2v) is 9.48. The van der Waals surface area contributed by atoms with E-state index in [1.165, 1.54) is 12.1 Å². The van der Waals surface area contributed by atoms with Crippen LogP contribution in [-0.2, 0) is 16.4 Å². The first-order chi connectivity index (χ1) is 16.7. The molecule has 2 N–H and O–H groups in total. The van der Waals surface area contributed by atoms with Gasteiger partial charge in [0.2, 0.25) is 0 Å². The van der Waals surface area contributed by atoms with Crippen molar-refractivity contribution in [2.75, 3.05) is 19.6 Å². The third kappa shape index (κ3) is 5.71. The van der Waals surface area contributed by atoms with Gasteiger partial charge in [0.1, 0.15) is 5.75 Å². The Morgan fingerprint density at radius 3 is 2.69 bits per heavy atom. The average molecular weight is 483 g/mol. The number of aromatic hydroxyl groups is 1. The van der Waals surface area contributed by atoms with Gasteiger partial charge >= 0.3 is 6.18 Å². The van der Waals surface area contributed by atoms with Gasteiger partial charge < -0.3 is 10.4 Å². The van der Waals surface area contributed by atoms with Gasteiger partial charge in [-0.05, 0) is 80.1 Å². The summed E-state index contributed by atoms with van der Waals surface area (Å²) in [4.78, 5) is 15.0. The van der Waals surface area contributed by atoms with Crippen LogP contribution in [0.25, 0.3) is 0 Å². The highest BCUT2D eigenvalue weighted by atomic mass is 19.4. The van der Waals surface area contributed by atoms with E-state index < -0.39 is 17.6 Å². The van der Waals surface area contributed by atoms with Crippen molar-refractivity contribution < 1.29 is 23.1 Å². The third-order valence-corrected chi connectivity index (χ3v) is 7.28. The summed E-state index contributed by atoms with van der Waals surface area (Å²) in [5.74, 6) is 5.37. The number of benzene rings is 2. The third-order valence-electron chi connectivity index (χ3n) is 7.28. The minimum absolute atomic E-state index is 0.0750. The van der Waals surface area contributed by atoms with Crippen LogP contribution in [0, 0.1) is 17.8 Å². The van der Waals surface area contributed by atoms with E-state index in [1.807, 2.05) is 18.2 Å². The number of carbonyl (C=O) groups excluding carboxylic acids is 1. The fourth-order valence-electron chi connectivity index (χ4n) is 5.60. The maximum absolute atomic E-state index is 12.7. The molecule has 2 aliphatic rings. The van der Waals surface area contributed by atoms with Crippen LogP contribution >= 0.6 is 0 Å². The summed E-state index contributed by atoms with van der Waals surface area (Å²) in [7, 11) is 0. The van der Waals surface area contributed by atoms with Gasteiger partial charge in [0, 0.05) is 36.0 Å². The molecule has 4 rings (SSSR count). The number of hydrogen-bond acceptors (Lipinski definition) is 3. The molecule has 0 aromatic heterocycles. The van der Waals surface area contributed by atoms with Crippen LogP contribution in [0.4, 0.5) is 13.2 Å². The molecule has 2 fully saturated rings. The molecule has 35 heavy (non-hydrogen) atoms. The van der Waals surface area contributed by atoms with Crippen LogP contribution in [0.2, 0.25) is 0 Å². The Bertz CT molecular complexity index is 1130. The first-order valence-corrected chi connectivity index (χ1v) is 11.8. The number of amides is 1. The lowest BCUT2D eigenvalue weighted by Gasteiger charge is -2.53. The normalized spacial score (nSPS) is 24.5. The standard InChI is InChI=1S/C28H29F3N2O2/c1-2-15-33-16-14-27(22-4-3-5-25(34)17-22)18-24(12-11-23(27)19-33)32-26(35)13-8-20-6-9-21(10-7-20)28(29,30)31/h2-7,9-10,17,23-24,34H,1,11-12,14-16,18-19H2,(H,32,35)/t23-,24-,27+/m1/s1. The van der Waals surface area contributed by atoms with Crippen LogP contribution in [0.5, 0.6) is 5.75 Å². The molecule has 1 aliphatic heterocycles. The van der Waals surface area contributed by atoms with Crippen molar-refractivity contribution in [2.45, 2.75) is 43.3 Å². The summed E-state index contributed by atoms with van der Waals surface area (Å²) >= 11 is 0. The number of fused-ring (bicyclic) bond motifs is 1. The molecule has 0 radical (unpaired) electrons. The molecular formula is C28H29F3N2O2. The zero-order chi connectivity index (χ0) is 25.1. The van der Waals surface area contributed by atoms with Crippen molar-refractivity contribution in [3.8, 4) is 17.6 Å². The Morgan fingerprint density at radius 2 is 2.00 bits per heavy atom. The average Bonchev–Trinajstić information content (AvgIpc) is 2.83. The smallest absolute Gasteiger partial charge is 0.416 e. The van der Waals surface area contributed by atoms with Gasteiger partial charge in [-0.1, -0.05) is 24.1 Å². The van der Waals surface area contributed by atoms with E-state index in [1.54, 1.807) is 6.07 Å². The predicted molar refractivity (Wildman–Crippen MR) is 129 cm³/mol. The van der Waals surface area contributed by atoms with Crippen LogP contribution in [0.1, 0.15) is 42.4 Å². The van der Waals surface area contributed by atoms with Crippen LogP contribution in [0.3, 0.4) is 0 Å². The molecule has 184 valence electrons. The van der Waals surface area contributed by atoms with E-state index in [0.29, 0.717) is 11.5 Å². The van der Waals surface area contributed by atoms with Crippen molar-refractivity contribution in [3.05, 3.63) is 77.9 Å². The lowest BCUT2D eigenvalue weighted by Crippen LogP contribution is -2.56. The topological polar surface area (TPSA) is 52.6 Å². The Balaban J connectivity index is 1.48. The maximum Gasteiger partial charge on any atom is 0.416 e. The van der Waals surface area contributed by atoms with Gasteiger partial charge in [0.15, 0.2) is 0 Å². The molecule has 0 unspecified atom stereocenters. The number of halogens is 3. The minimum Gasteiger partial charge on any atom is -0.508 e. The first kappa shape index (κ1) is 24.9. The molecule has 1 heterocycles. The molecule has 1 aliphatic carbocycles. The first-order valence-electron chi connectivity index (χ1n) is 11.8. The Hall–Kier alpha value is -3.24. The summed E-state index contributed by atoms with van der Waals surface area (Å²) in [5.41, 5.74) is 0.534. The number of nitrogens with zero attached hydrogens (tertiary/aromatic N) is 1. The summed E-state index contributed by atoms with van der Waals surface area (Å²) in [6, 6.07) is 11.8. The van der Waals surface area contributed by atoms with Gasteiger partial charge in [0.05, 0.1) is 5.56 Å². The second kappa shape index (κ2) is 10.2. The fraction of sp³-hybridized carbons (Fsp3) is 0.393. The monoisotopic (exact) mass is 482 g/mol. The molecular weight excluding hydrogens is 453 g/mol. The Labute approximate surface area is 203 Å². The van der Waals surface area contributed by atoms with Crippen molar-refractivity contribution >= 4 is 5.91 Å². The number of alkyl halides is 3. The Kier molecular flexibility index (Phi) is 7.23. The van der Waals surface area contributed by atoms with Gasteiger partial charge in [-0.25, -0.2) is 0 Å². The minimum atomic E-state index is -4.41. The molecule has 1 saturated heterocycles. The van der Waals surface area contributed by atoms with Crippen molar-refractivity contribution in [2.24, 2.45) is 5.92 Å². The molecule has 7 heteroatoms. The number of likely N-dealkylation sites (tertiary alicyclic amines) is 1. The quantitative estimate of drug-likeness (QED) is 0.483. The zero-order valence-corrected chi connectivity index (χ0v) is 19.4. The Morgan fingerprint density at radius 1 is 1.23 bits per heavy atom. The summed E-state index contributed by atoms with van der Waals surface area (Å²) in [6.07, 6.45) is 0.925. The second-order valence-electron chi connectivity index (χ2n) is 9.48. The van der Waals surface area contributed by atoms with E-state index >= 15 is 0 Å². The summed E-state index contributed by atoms with van der Waals surface area (Å²) < 4.78 is 38.2. The largest absolute Gasteiger partial charge is 0.508 e. The highest BCUT2D eigenvalue weighted by Crippen LogP contribution is 2.49. The maximum atomic E-state index is 12.7. The van der Waals surface area contributed by atoms with Gasteiger partial charge in [0.25, 0.3) is 5.91 Å². The van der Waals surface area contributed by atoms with Crippen LogP contribution < -0.4 is 5.32 Å². The lowest BCUT2D eigenvalue weighted by atomic mass is 9.58. The van der Waals surface area contributed by atoms with Gasteiger partial charge in [-0.3, -0.25) is 9.69 Å². The molecule has 2 aromatic rings. The number of rotatable bonds is 4. The lowest BCUT2D eigenvalue weighted by molar-refractivity contribution is -0.137. The number of phenolic OH excluding ortho intramolecular Hbond substituents is 1. The summed E-state index contributed by atoms with van der Waals surface area (Å²) in [5, 5.41) is 13.2. The van der Waals surface area contributed by atoms with E-state index in [2.05, 4.69) is 34.7 Å². The summed E-state index contributed by atoms with van der Waals surface area (Å²) in [6.45, 7) is 6.55.